The van der Waals surface area contributed by atoms with Gasteiger partial charge in [0.1, 0.15) is 11.6 Å². The minimum absolute atomic E-state index is 0.0395. The van der Waals surface area contributed by atoms with Crippen molar-refractivity contribution in [2.75, 3.05) is 5.32 Å². The molecule has 1 unspecified atom stereocenters. The maximum absolute atomic E-state index is 13.8. The molecular formula is C18H21F2N. The third-order valence-electron chi connectivity index (χ3n) is 3.56. The zero-order chi connectivity index (χ0) is 15.1. The van der Waals surface area contributed by atoms with Crippen LogP contribution >= 0.6 is 0 Å². The Hall–Kier alpha value is -1.90. The van der Waals surface area contributed by atoms with E-state index in [4.69, 9.17) is 0 Å². The van der Waals surface area contributed by atoms with Crippen LogP contribution in [0.1, 0.15) is 44.2 Å². The number of rotatable bonds is 7. The summed E-state index contributed by atoms with van der Waals surface area (Å²) in [5.74, 6) is -1.10. The van der Waals surface area contributed by atoms with Gasteiger partial charge >= 0.3 is 0 Å². The molecule has 0 saturated carbocycles. The van der Waals surface area contributed by atoms with Crippen LogP contribution in [0, 0.1) is 11.6 Å². The fourth-order valence-electron chi connectivity index (χ4n) is 2.40. The highest BCUT2D eigenvalue weighted by molar-refractivity contribution is 5.47. The van der Waals surface area contributed by atoms with Crippen LogP contribution in [0.2, 0.25) is 0 Å². The summed E-state index contributed by atoms with van der Waals surface area (Å²) >= 11 is 0. The van der Waals surface area contributed by atoms with E-state index >= 15 is 0 Å². The van der Waals surface area contributed by atoms with Crippen molar-refractivity contribution >= 4 is 5.69 Å². The molecule has 0 aromatic heterocycles. The van der Waals surface area contributed by atoms with Gasteiger partial charge in [0.2, 0.25) is 0 Å². The minimum Gasteiger partial charge on any atom is -0.376 e. The van der Waals surface area contributed by atoms with Gasteiger partial charge in [0.15, 0.2) is 0 Å². The molecule has 0 aliphatic heterocycles. The smallest absolute Gasteiger partial charge is 0.149 e. The molecule has 0 heterocycles. The highest BCUT2D eigenvalue weighted by Gasteiger charge is 2.13. The Bertz CT molecular complexity index is 554. The first kappa shape index (κ1) is 15.5. The van der Waals surface area contributed by atoms with Crippen LogP contribution < -0.4 is 5.32 Å². The highest BCUT2D eigenvalue weighted by atomic mass is 19.1. The molecule has 0 bridgehead atoms. The van der Waals surface area contributed by atoms with Gasteiger partial charge in [0.05, 0.1) is 11.7 Å². The molecule has 21 heavy (non-hydrogen) atoms. The van der Waals surface area contributed by atoms with Crippen molar-refractivity contribution in [3.63, 3.8) is 0 Å². The number of anilines is 1. The molecule has 1 N–H and O–H groups in total. The summed E-state index contributed by atoms with van der Waals surface area (Å²) in [5.41, 5.74) is 1.47. The number of halogens is 2. The molecule has 3 heteroatoms. The molecule has 2 aromatic rings. The Morgan fingerprint density at radius 1 is 1.00 bits per heavy atom. The molecule has 1 atom stereocenters. The van der Waals surface area contributed by atoms with Crippen molar-refractivity contribution in [3.05, 3.63) is 65.7 Å². The summed E-state index contributed by atoms with van der Waals surface area (Å²) in [6, 6.07) is 13.7. The molecule has 0 spiro atoms. The number of benzene rings is 2. The maximum Gasteiger partial charge on any atom is 0.149 e. The first-order chi connectivity index (χ1) is 10.2. The fourth-order valence-corrected chi connectivity index (χ4v) is 2.40. The van der Waals surface area contributed by atoms with E-state index < -0.39 is 11.6 Å². The molecule has 0 fully saturated rings. The van der Waals surface area contributed by atoms with Crippen LogP contribution in [0.4, 0.5) is 14.5 Å². The van der Waals surface area contributed by atoms with Gasteiger partial charge in [-0.2, -0.15) is 0 Å². The summed E-state index contributed by atoms with van der Waals surface area (Å²) in [6.45, 7) is 2.16. The lowest BCUT2D eigenvalue weighted by atomic mass is 10.00. The molecule has 112 valence electrons. The zero-order valence-electron chi connectivity index (χ0n) is 12.3. The second kappa shape index (κ2) is 7.77. The second-order valence-corrected chi connectivity index (χ2v) is 5.23. The lowest BCUT2D eigenvalue weighted by Gasteiger charge is -2.21. The van der Waals surface area contributed by atoms with Gasteiger partial charge in [0, 0.05) is 6.07 Å². The summed E-state index contributed by atoms with van der Waals surface area (Å²) in [6.07, 6.45) is 4.30. The van der Waals surface area contributed by atoms with Crippen LogP contribution in [0.5, 0.6) is 0 Å². The van der Waals surface area contributed by atoms with Crippen molar-refractivity contribution in [2.45, 2.75) is 38.6 Å². The Labute approximate surface area is 125 Å². The monoisotopic (exact) mass is 289 g/mol. The van der Waals surface area contributed by atoms with Crippen LogP contribution in [0.15, 0.2) is 48.5 Å². The van der Waals surface area contributed by atoms with Gasteiger partial charge < -0.3 is 5.32 Å². The van der Waals surface area contributed by atoms with E-state index in [0.29, 0.717) is 5.69 Å². The molecule has 1 nitrogen and oxygen atoms in total. The Morgan fingerprint density at radius 2 is 1.76 bits per heavy atom. The van der Waals surface area contributed by atoms with E-state index in [2.05, 4.69) is 12.2 Å². The SMILES string of the molecule is CCCCCC(Nc1ccc(F)cc1F)c1ccccc1. The number of hydrogen-bond acceptors (Lipinski definition) is 1. The van der Waals surface area contributed by atoms with Crippen LogP contribution in [0.25, 0.3) is 0 Å². The number of hydrogen-bond donors (Lipinski definition) is 1. The van der Waals surface area contributed by atoms with E-state index in [1.807, 2.05) is 30.3 Å². The maximum atomic E-state index is 13.8. The summed E-state index contributed by atoms with van der Waals surface area (Å²) in [7, 11) is 0. The van der Waals surface area contributed by atoms with Crippen LogP contribution in [-0.2, 0) is 0 Å². The third kappa shape index (κ3) is 4.55. The number of unbranched alkanes of at least 4 members (excludes halogenated alkanes) is 2. The van der Waals surface area contributed by atoms with E-state index in [9.17, 15) is 8.78 Å². The van der Waals surface area contributed by atoms with Crippen molar-refractivity contribution in [1.82, 2.24) is 0 Å². The third-order valence-corrected chi connectivity index (χ3v) is 3.56. The van der Waals surface area contributed by atoms with Crippen molar-refractivity contribution in [2.24, 2.45) is 0 Å². The Morgan fingerprint density at radius 3 is 2.43 bits per heavy atom. The summed E-state index contributed by atoms with van der Waals surface area (Å²) in [4.78, 5) is 0. The molecule has 2 aromatic carbocycles. The summed E-state index contributed by atoms with van der Waals surface area (Å²) < 4.78 is 26.8. The fraction of sp³-hybridized carbons (Fsp3) is 0.333. The first-order valence-corrected chi connectivity index (χ1v) is 7.47. The van der Waals surface area contributed by atoms with Crippen molar-refractivity contribution in [1.29, 1.82) is 0 Å². The molecule has 2 rings (SSSR count). The molecular weight excluding hydrogens is 268 g/mol. The van der Waals surface area contributed by atoms with Gasteiger partial charge in [-0.1, -0.05) is 56.5 Å². The van der Waals surface area contributed by atoms with E-state index in [1.54, 1.807) is 0 Å². The van der Waals surface area contributed by atoms with E-state index in [1.165, 1.54) is 12.1 Å². The Balaban J connectivity index is 2.15. The second-order valence-electron chi connectivity index (χ2n) is 5.23. The molecule has 0 aliphatic carbocycles. The molecule has 0 amide bonds. The average molecular weight is 289 g/mol. The predicted molar refractivity (Wildman–Crippen MR) is 83.3 cm³/mol. The van der Waals surface area contributed by atoms with E-state index in [-0.39, 0.29) is 6.04 Å². The predicted octanol–water partition coefficient (Wildman–Crippen LogP) is 5.70. The molecule has 0 radical (unpaired) electrons. The average Bonchev–Trinajstić information content (AvgIpc) is 2.49. The van der Waals surface area contributed by atoms with Gasteiger partial charge in [0.25, 0.3) is 0 Å². The van der Waals surface area contributed by atoms with Crippen LogP contribution in [-0.4, -0.2) is 0 Å². The van der Waals surface area contributed by atoms with Gasteiger partial charge in [-0.3, -0.25) is 0 Å². The number of nitrogens with one attached hydrogen (secondary N) is 1. The standard InChI is InChI=1S/C18H21F2N/c1-2-3-5-10-17(14-8-6-4-7-9-14)21-18-12-11-15(19)13-16(18)20/h4,6-9,11-13,17,21H,2-3,5,10H2,1H3. The van der Waals surface area contributed by atoms with Gasteiger partial charge in [-0.15, -0.1) is 0 Å². The Kier molecular flexibility index (Phi) is 5.73. The van der Waals surface area contributed by atoms with Crippen LogP contribution in [0.3, 0.4) is 0 Å². The quantitative estimate of drug-likeness (QED) is 0.645. The lowest BCUT2D eigenvalue weighted by molar-refractivity contribution is 0.574. The molecule has 0 aliphatic rings. The van der Waals surface area contributed by atoms with Gasteiger partial charge in [-0.25, -0.2) is 8.78 Å². The van der Waals surface area contributed by atoms with Crippen molar-refractivity contribution in [3.8, 4) is 0 Å². The topological polar surface area (TPSA) is 12.0 Å². The largest absolute Gasteiger partial charge is 0.376 e. The van der Waals surface area contributed by atoms with Gasteiger partial charge in [-0.05, 0) is 24.1 Å². The lowest BCUT2D eigenvalue weighted by Crippen LogP contribution is -2.12. The molecule has 0 saturated heterocycles. The van der Waals surface area contributed by atoms with E-state index in [0.717, 1.165) is 37.3 Å². The minimum atomic E-state index is -0.555. The summed E-state index contributed by atoms with van der Waals surface area (Å²) in [5, 5.41) is 3.21. The first-order valence-electron chi connectivity index (χ1n) is 7.47. The normalized spacial score (nSPS) is 12.1. The van der Waals surface area contributed by atoms with Crippen molar-refractivity contribution < 1.29 is 8.78 Å². The highest BCUT2D eigenvalue weighted by Crippen LogP contribution is 2.26. The zero-order valence-corrected chi connectivity index (χ0v) is 12.3.